The molecule has 0 spiro atoms. The van der Waals surface area contributed by atoms with Crippen molar-refractivity contribution < 1.29 is 8.42 Å². The average molecular weight is 311 g/mol. The quantitative estimate of drug-likeness (QED) is 0.433. The molecule has 2 aromatic rings. The van der Waals surface area contributed by atoms with Gasteiger partial charge in [0.25, 0.3) is 10.0 Å². The molecule has 0 aliphatic rings. The van der Waals surface area contributed by atoms with E-state index >= 15 is 0 Å². The van der Waals surface area contributed by atoms with Crippen LogP contribution in [0, 0.1) is 0 Å². The van der Waals surface area contributed by atoms with Gasteiger partial charge in [-0.15, -0.1) is 11.8 Å². The van der Waals surface area contributed by atoms with Crippen molar-refractivity contribution in [1.82, 2.24) is 9.97 Å². The normalized spacial score (nSPS) is 11.1. The highest BCUT2D eigenvalue weighted by atomic mass is 32.2. The highest BCUT2D eigenvalue weighted by molar-refractivity contribution is 7.99. The van der Waals surface area contributed by atoms with Gasteiger partial charge in [0.2, 0.25) is 5.95 Å². The Morgan fingerprint density at radius 1 is 1.20 bits per heavy atom. The molecule has 4 N–H and O–H groups in total. The molecule has 0 fully saturated rings. The van der Waals surface area contributed by atoms with Gasteiger partial charge >= 0.3 is 0 Å². The summed E-state index contributed by atoms with van der Waals surface area (Å²) in [4.78, 5) is 8.35. The fourth-order valence-electron chi connectivity index (χ4n) is 1.46. The second kappa shape index (κ2) is 6.07. The summed E-state index contributed by atoms with van der Waals surface area (Å²) in [7, 11) is -3.73. The molecular weight excluding hydrogens is 298 g/mol. The van der Waals surface area contributed by atoms with Crippen LogP contribution in [0.1, 0.15) is 0 Å². The van der Waals surface area contributed by atoms with E-state index in [1.807, 2.05) is 18.4 Å². The Kier molecular flexibility index (Phi) is 4.42. The van der Waals surface area contributed by atoms with Crippen molar-refractivity contribution in [2.24, 2.45) is 5.84 Å². The van der Waals surface area contributed by atoms with Crippen LogP contribution < -0.4 is 16.0 Å². The predicted molar refractivity (Wildman–Crippen MR) is 78.9 cm³/mol. The monoisotopic (exact) mass is 311 g/mol. The number of para-hydroxylation sites is 1. The molecule has 0 amide bonds. The summed E-state index contributed by atoms with van der Waals surface area (Å²) in [5.74, 6) is 5.27. The van der Waals surface area contributed by atoms with Gasteiger partial charge < -0.3 is 0 Å². The van der Waals surface area contributed by atoms with Gasteiger partial charge in [-0.3, -0.25) is 10.1 Å². The minimum absolute atomic E-state index is 0.0348. The van der Waals surface area contributed by atoms with Crippen LogP contribution in [0.5, 0.6) is 0 Å². The van der Waals surface area contributed by atoms with Gasteiger partial charge in [-0.05, 0) is 18.4 Å². The average Bonchev–Trinajstić information content (AvgIpc) is 2.47. The van der Waals surface area contributed by atoms with Gasteiger partial charge in [0.15, 0.2) is 0 Å². The van der Waals surface area contributed by atoms with Crippen LogP contribution in [0.4, 0.5) is 11.6 Å². The number of sulfonamides is 1. The van der Waals surface area contributed by atoms with Crippen LogP contribution in [-0.2, 0) is 10.0 Å². The molecule has 0 saturated carbocycles. The number of hydrazine groups is 1. The van der Waals surface area contributed by atoms with E-state index in [9.17, 15) is 8.42 Å². The van der Waals surface area contributed by atoms with E-state index in [0.29, 0.717) is 5.69 Å². The maximum atomic E-state index is 12.2. The third kappa shape index (κ3) is 3.18. The third-order valence-electron chi connectivity index (χ3n) is 2.42. The Morgan fingerprint density at radius 3 is 2.45 bits per heavy atom. The predicted octanol–water partition coefficient (Wildman–Crippen LogP) is 1.28. The van der Waals surface area contributed by atoms with Gasteiger partial charge in [0, 0.05) is 4.90 Å². The van der Waals surface area contributed by atoms with Crippen molar-refractivity contribution in [3.63, 3.8) is 0 Å². The standard InChI is InChI=1S/C11H13N5O2S2/c1-19-10-5-3-2-4-9(10)16-20(17,18)8-6-13-11(15-12)14-7-8/h2-7,16H,12H2,1H3,(H,13,14,15). The molecule has 1 aromatic carbocycles. The van der Waals surface area contributed by atoms with Crippen LogP contribution in [0.2, 0.25) is 0 Å². The van der Waals surface area contributed by atoms with E-state index < -0.39 is 10.0 Å². The zero-order chi connectivity index (χ0) is 14.6. The van der Waals surface area contributed by atoms with Crippen LogP contribution in [0.3, 0.4) is 0 Å². The van der Waals surface area contributed by atoms with Crippen LogP contribution >= 0.6 is 11.8 Å². The summed E-state index contributed by atoms with van der Waals surface area (Å²) in [5, 5.41) is 0. The largest absolute Gasteiger partial charge is 0.292 e. The van der Waals surface area contributed by atoms with Crippen LogP contribution in [0.25, 0.3) is 0 Å². The number of hydrogen-bond acceptors (Lipinski definition) is 7. The number of anilines is 2. The lowest BCUT2D eigenvalue weighted by atomic mass is 10.3. The summed E-state index contributed by atoms with van der Waals surface area (Å²) in [6.45, 7) is 0. The molecule has 0 radical (unpaired) electrons. The molecule has 0 atom stereocenters. The number of nitrogen functional groups attached to an aromatic ring is 1. The van der Waals surface area contributed by atoms with Crippen molar-refractivity contribution in [3.05, 3.63) is 36.7 Å². The number of aromatic nitrogens is 2. The van der Waals surface area contributed by atoms with Gasteiger partial charge in [0.05, 0.1) is 18.1 Å². The summed E-state index contributed by atoms with van der Waals surface area (Å²) in [6, 6.07) is 7.13. The fourth-order valence-corrected chi connectivity index (χ4v) is 3.05. The number of nitrogens with two attached hydrogens (primary N) is 1. The number of benzene rings is 1. The lowest BCUT2D eigenvalue weighted by Crippen LogP contribution is -2.15. The minimum Gasteiger partial charge on any atom is -0.292 e. The Labute approximate surface area is 121 Å². The van der Waals surface area contributed by atoms with Gasteiger partial charge in [-0.2, -0.15) is 0 Å². The molecule has 0 aliphatic heterocycles. The molecule has 7 nitrogen and oxygen atoms in total. The Hall–Kier alpha value is -1.84. The number of hydrogen-bond donors (Lipinski definition) is 3. The molecule has 2 rings (SSSR count). The Balaban J connectivity index is 2.30. The first-order chi connectivity index (χ1) is 9.56. The maximum absolute atomic E-state index is 12.2. The minimum atomic E-state index is -3.73. The summed E-state index contributed by atoms with van der Waals surface area (Å²) in [5.41, 5.74) is 2.75. The molecule has 0 aliphatic carbocycles. The number of nitrogens with zero attached hydrogens (tertiary/aromatic N) is 2. The zero-order valence-electron chi connectivity index (χ0n) is 10.6. The molecule has 0 saturated heterocycles. The highest BCUT2D eigenvalue weighted by Gasteiger charge is 2.16. The highest BCUT2D eigenvalue weighted by Crippen LogP contribution is 2.26. The van der Waals surface area contributed by atoms with Crippen LogP contribution in [0.15, 0.2) is 46.5 Å². The number of rotatable bonds is 5. The topological polar surface area (TPSA) is 110 Å². The zero-order valence-corrected chi connectivity index (χ0v) is 12.2. The van der Waals surface area contributed by atoms with E-state index in [4.69, 9.17) is 5.84 Å². The fraction of sp³-hybridized carbons (Fsp3) is 0.0909. The van der Waals surface area contributed by atoms with Gasteiger partial charge in [-0.1, -0.05) is 12.1 Å². The van der Waals surface area contributed by atoms with E-state index in [2.05, 4.69) is 20.1 Å². The van der Waals surface area contributed by atoms with E-state index in [1.54, 1.807) is 12.1 Å². The lowest BCUT2D eigenvalue weighted by molar-refractivity contribution is 0.600. The van der Waals surface area contributed by atoms with Crippen molar-refractivity contribution in [1.29, 1.82) is 0 Å². The van der Waals surface area contributed by atoms with Crippen molar-refractivity contribution >= 4 is 33.4 Å². The molecule has 20 heavy (non-hydrogen) atoms. The Bertz CT molecular complexity index is 688. The summed E-state index contributed by atoms with van der Waals surface area (Å²) >= 11 is 1.45. The molecule has 0 bridgehead atoms. The second-order valence-electron chi connectivity index (χ2n) is 3.69. The second-order valence-corrected chi connectivity index (χ2v) is 6.22. The van der Waals surface area contributed by atoms with Gasteiger partial charge in [0.1, 0.15) is 4.90 Å². The summed E-state index contributed by atoms with van der Waals surface area (Å²) < 4.78 is 26.9. The molecule has 9 heteroatoms. The van der Waals surface area contributed by atoms with Gasteiger partial charge in [-0.25, -0.2) is 24.2 Å². The van der Waals surface area contributed by atoms with E-state index in [0.717, 1.165) is 4.90 Å². The molecule has 106 valence electrons. The lowest BCUT2D eigenvalue weighted by Gasteiger charge is -2.10. The first-order valence-corrected chi connectivity index (χ1v) is 8.22. The first-order valence-electron chi connectivity index (χ1n) is 5.51. The smallest absolute Gasteiger partial charge is 0.265 e. The van der Waals surface area contributed by atoms with E-state index in [-0.39, 0.29) is 10.8 Å². The first kappa shape index (κ1) is 14.6. The summed E-state index contributed by atoms with van der Waals surface area (Å²) in [6.07, 6.45) is 4.25. The third-order valence-corrected chi connectivity index (χ3v) is 4.53. The number of thioether (sulfide) groups is 1. The molecule has 1 heterocycles. The van der Waals surface area contributed by atoms with Crippen molar-refractivity contribution in [2.45, 2.75) is 9.79 Å². The molecule has 0 unspecified atom stereocenters. The van der Waals surface area contributed by atoms with Crippen molar-refractivity contribution in [3.8, 4) is 0 Å². The Morgan fingerprint density at radius 2 is 1.85 bits per heavy atom. The van der Waals surface area contributed by atoms with Crippen molar-refractivity contribution in [2.75, 3.05) is 16.4 Å². The van der Waals surface area contributed by atoms with E-state index in [1.165, 1.54) is 24.2 Å². The SMILES string of the molecule is CSc1ccccc1NS(=O)(=O)c1cnc(NN)nc1. The molecule has 1 aromatic heterocycles. The maximum Gasteiger partial charge on any atom is 0.265 e. The number of nitrogens with one attached hydrogen (secondary N) is 2. The van der Waals surface area contributed by atoms with Crippen LogP contribution in [-0.4, -0.2) is 24.6 Å². The molecular formula is C11H13N5O2S2.